The highest BCUT2D eigenvalue weighted by Gasteiger charge is 2.53. The standard InChI is InChI=1S/C48H69N11O2.C8H7NO/c1-31-21-41-33(22-38(31)34(23-49)24-51-7)9-8-17-59(41)42(50)39-27-57(32(2)60)20-14-40(39)54-36-12-18-56(19-13-36)37-10-15-48(16-11-37)29-58(30-48)45-52-25-35(26-53-45)43(61)55-44-46(3,4)28-47(44,5)6;1-6-4-8(10)3-2-7(6)5-9/h21-26,36-37,44,50,54H,8-20,27-30,49H2,1-7H3,(H,55,61);2-4,10H,1H3/b34-23+,50-42?,51-24?;. The molecule has 0 atom stereocenters. The number of amides is 2. The number of aromatic nitrogens is 2. The summed E-state index contributed by atoms with van der Waals surface area (Å²) < 4.78 is 0. The van der Waals surface area contributed by atoms with Crippen molar-refractivity contribution in [2.75, 3.05) is 62.7 Å². The molecular formula is C56H76N12O3. The molecule has 2 saturated heterocycles. The number of aromatic hydroxyl groups is 1. The number of carbonyl (C=O) groups is 2. The van der Waals surface area contributed by atoms with Crippen LogP contribution in [0.3, 0.4) is 0 Å². The first-order chi connectivity index (χ1) is 33.8. The summed E-state index contributed by atoms with van der Waals surface area (Å²) in [6.07, 6.45) is 17.6. The molecule has 2 aromatic carbocycles. The number of fused-ring (bicyclic) bond motifs is 1. The van der Waals surface area contributed by atoms with Gasteiger partial charge in [-0.1, -0.05) is 27.7 Å². The van der Waals surface area contributed by atoms with Crippen molar-refractivity contribution >= 4 is 41.1 Å². The third kappa shape index (κ3) is 11.0. The number of carbonyl (C=O) groups excluding carboxylic acids is 2. The number of benzene rings is 2. The van der Waals surface area contributed by atoms with Gasteiger partial charge in [0.05, 0.1) is 23.7 Å². The minimum absolute atomic E-state index is 0.0560. The van der Waals surface area contributed by atoms with Crippen LogP contribution in [0.25, 0.3) is 5.57 Å². The van der Waals surface area contributed by atoms with Crippen molar-refractivity contribution in [2.24, 2.45) is 27.0 Å². The molecule has 1 aromatic heterocycles. The van der Waals surface area contributed by atoms with Crippen LogP contribution < -0.4 is 26.2 Å². The monoisotopic (exact) mass is 965 g/mol. The van der Waals surface area contributed by atoms with E-state index in [2.05, 4.69) is 87.0 Å². The molecule has 0 bridgehead atoms. The summed E-state index contributed by atoms with van der Waals surface area (Å²) >= 11 is 0. The highest BCUT2D eigenvalue weighted by atomic mass is 16.3. The molecule has 71 heavy (non-hydrogen) atoms. The van der Waals surface area contributed by atoms with E-state index in [4.69, 9.17) is 16.1 Å². The van der Waals surface area contributed by atoms with Gasteiger partial charge in [0.25, 0.3) is 5.91 Å². The number of aliphatic imine (C=N–C) groups is 1. The zero-order valence-electron chi connectivity index (χ0n) is 43.4. The first kappa shape index (κ1) is 51.1. The lowest BCUT2D eigenvalue weighted by atomic mass is 9.52. The van der Waals surface area contributed by atoms with Crippen molar-refractivity contribution in [3.8, 4) is 11.8 Å². The van der Waals surface area contributed by atoms with Crippen LogP contribution in [0.15, 0.2) is 65.2 Å². The summed E-state index contributed by atoms with van der Waals surface area (Å²) in [6.45, 7) is 20.4. The van der Waals surface area contributed by atoms with Crippen LogP contribution in [0.1, 0.15) is 131 Å². The largest absolute Gasteiger partial charge is 0.508 e. The van der Waals surface area contributed by atoms with E-state index in [0.717, 1.165) is 116 Å². The number of amidine groups is 1. The number of phenols is 1. The average molecular weight is 965 g/mol. The van der Waals surface area contributed by atoms with Gasteiger partial charge < -0.3 is 41.1 Å². The zero-order chi connectivity index (χ0) is 50.8. The smallest absolute Gasteiger partial charge is 0.254 e. The minimum atomic E-state index is -0.0870. The lowest BCUT2D eigenvalue weighted by Gasteiger charge is -2.57. The maximum atomic E-state index is 13.1. The quantitative estimate of drug-likeness (QED) is 0.104. The van der Waals surface area contributed by atoms with E-state index in [1.165, 1.54) is 37.3 Å². The summed E-state index contributed by atoms with van der Waals surface area (Å²) in [5.74, 6) is 1.40. The van der Waals surface area contributed by atoms with Crippen LogP contribution in [0.4, 0.5) is 11.6 Å². The third-order valence-corrected chi connectivity index (χ3v) is 16.4. The number of nitrogens with one attached hydrogen (secondary N) is 3. The number of hydrogen-bond donors (Lipinski definition) is 5. The molecule has 5 heterocycles. The van der Waals surface area contributed by atoms with Gasteiger partial charge in [-0.25, -0.2) is 9.97 Å². The molecular weight excluding hydrogens is 889 g/mol. The van der Waals surface area contributed by atoms with Crippen LogP contribution in [-0.2, 0) is 11.2 Å². The zero-order valence-corrected chi connectivity index (χ0v) is 43.4. The lowest BCUT2D eigenvalue weighted by molar-refractivity contribution is -0.128. The Hall–Kier alpha value is -6.27. The third-order valence-electron chi connectivity index (χ3n) is 16.4. The van der Waals surface area contributed by atoms with Crippen molar-refractivity contribution in [3.63, 3.8) is 0 Å². The molecule has 378 valence electrons. The Morgan fingerprint density at radius 1 is 0.958 bits per heavy atom. The highest BCUT2D eigenvalue weighted by molar-refractivity contribution is 6.12. The van der Waals surface area contributed by atoms with Crippen molar-refractivity contribution in [3.05, 3.63) is 93.6 Å². The Morgan fingerprint density at radius 2 is 1.65 bits per heavy atom. The van der Waals surface area contributed by atoms with Gasteiger partial charge in [-0.2, -0.15) is 5.26 Å². The molecule has 15 heteroatoms. The Bertz CT molecular complexity index is 2610. The molecule has 4 aliphatic heterocycles. The van der Waals surface area contributed by atoms with Crippen LogP contribution in [-0.4, -0.2) is 120 Å². The molecule has 4 fully saturated rings. The highest BCUT2D eigenvalue weighted by Crippen LogP contribution is 2.53. The first-order valence-electron chi connectivity index (χ1n) is 25.7. The molecule has 6 aliphatic rings. The molecule has 2 saturated carbocycles. The van der Waals surface area contributed by atoms with Crippen molar-refractivity contribution < 1.29 is 14.7 Å². The fourth-order valence-corrected chi connectivity index (χ4v) is 12.9. The summed E-state index contributed by atoms with van der Waals surface area (Å²) in [5, 5.41) is 34.3. The van der Waals surface area contributed by atoms with Crippen LogP contribution in [0.5, 0.6) is 5.75 Å². The fraction of sp³-hybridized carbons (Fsp3) is 0.554. The molecule has 1 spiro atoms. The number of nitrogens with zero attached hydrogens (tertiary/aromatic N) is 8. The van der Waals surface area contributed by atoms with Gasteiger partial charge in [-0.05, 0) is 135 Å². The second kappa shape index (κ2) is 20.8. The first-order valence-corrected chi connectivity index (χ1v) is 25.7. The number of anilines is 2. The molecule has 2 aliphatic carbocycles. The topological polar surface area (TPSA) is 203 Å². The van der Waals surface area contributed by atoms with Crippen molar-refractivity contribution in [1.29, 1.82) is 10.7 Å². The van der Waals surface area contributed by atoms with Gasteiger partial charge in [-0.3, -0.25) is 20.0 Å². The Morgan fingerprint density at radius 3 is 2.25 bits per heavy atom. The summed E-state index contributed by atoms with van der Waals surface area (Å²) in [4.78, 5) is 48.2. The van der Waals surface area contributed by atoms with E-state index in [9.17, 15) is 15.0 Å². The molecule has 15 nitrogen and oxygen atoms in total. The number of hydrogen-bond acceptors (Lipinski definition) is 12. The molecule has 2 amide bonds. The Kier molecular flexibility index (Phi) is 15.0. The SMILES string of the molecule is CN=C/C(=C\N)c1cc2c(cc1C)N(C(=N)C1=C(NC3CCN(C4CCC5(CC4)CN(c4ncc(C(=O)NC6C(C)(C)CC6(C)C)cn4)C5)CC3)CCN(C(C)=O)C1)CCC2.Cc1cc(O)ccc1C#N. The second-order valence-electron chi connectivity index (χ2n) is 22.5. The summed E-state index contributed by atoms with van der Waals surface area (Å²) in [5.41, 5.74) is 15.9. The summed E-state index contributed by atoms with van der Waals surface area (Å²) in [7, 11) is 1.76. The number of nitriles is 1. The number of aryl methyl sites for hydroxylation is 3. The average Bonchev–Trinajstić information content (AvgIpc) is 3.34. The summed E-state index contributed by atoms with van der Waals surface area (Å²) in [6, 6.07) is 12.2. The number of piperidine rings is 1. The van der Waals surface area contributed by atoms with E-state index in [0.29, 0.717) is 47.6 Å². The Labute approximate surface area is 421 Å². The molecule has 0 radical (unpaired) electrons. The number of likely N-dealkylation sites (tertiary alicyclic amines) is 1. The number of allylic oxidation sites excluding steroid dienone is 1. The maximum Gasteiger partial charge on any atom is 0.254 e. The van der Waals surface area contributed by atoms with E-state index in [1.54, 1.807) is 57.8 Å². The van der Waals surface area contributed by atoms with Gasteiger partial charge in [0, 0.05) is 131 Å². The lowest BCUT2D eigenvalue weighted by Crippen LogP contribution is -2.63. The van der Waals surface area contributed by atoms with Gasteiger partial charge in [0.2, 0.25) is 11.9 Å². The number of nitrogens with two attached hydrogens (primary N) is 1. The predicted octanol–water partition coefficient (Wildman–Crippen LogP) is 7.65. The van der Waals surface area contributed by atoms with Crippen LogP contribution >= 0.6 is 0 Å². The number of phenolic OH excluding ortho intramolecular Hbond substituents is 1. The van der Waals surface area contributed by atoms with E-state index < -0.39 is 0 Å². The van der Waals surface area contributed by atoms with Crippen molar-refractivity contribution in [1.82, 2.24) is 30.4 Å². The molecule has 6 N–H and O–H groups in total. The van der Waals surface area contributed by atoms with Gasteiger partial charge in [-0.15, -0.1) is 0 Å². The van der Waals surface area contributed by atoms with Crippen LogP contribution in [0, 0.1) is 46.8 Å². The van der Waals surface area contributed by atoms with Gasteiger partial charge in [0.15, 0.2) is 0 Å². The maximum absolute atomic E-state index is 13.1. The fourth-order valence-electron chi connectivity index (χ4n) is 12.9. The van der Waals surface area contributed by atoms with Gasteiger partial charge >= 0.3 is 0 Å². The number of rotatable bonds is 9. The van der Waals surface area contributed by atoms with Gasteiger partial charge in [0.1, 0.15) is 11.6 Å². The van der Waals surface area contributed by atoms with Crippen LogP contribution in [0.2, 0.25) is 0 Å². The molecule has 0 unspecified atom stereocenters. The minimum Gasteiger partial charge on any atom is -0.508 e. The molecule has 9 rings (SSSR count). The Balaban J connectivity index is 0.000000604. The normalized spacial score (nSPS) is 21.4. The van der Waals surface area contributed by atoms with E-state index in [-0.39, 0.29) is 34.4 Å². The second-order valence-corrected chi connectivity index (χ2v) is 22.5. The van der Waals surface area contributed by atoms with Crippen molar-refractivity contribution in [2.45, 2.75) is 131 Å². The molecule has 3 aromatic rings. The predicted molar refractivity (Wildman–Crippen MR) is 283 cm³/mol. The van der Waals surface area contributed by atoms with E-state index in [1.807, 2.05) is 11.0 Å². The van der Waals surface area contributed by atoms with E-state index >= 15 is 0 Å².